The molecule has 1 aliphatic rings. The first kappa shape index (κ1) is 21.1. The van der Waals surface area contributed by atoms with Crippen LogP contribution in [0.5, 0.6) is 0 Å². The van der Waals surface area contributed by atoms with Crippen LogP contribution >= 0.6 is 11.6 Å². The third-order valence-corrected chi connectivity index (χ3v) is 5.67. The van der Waals surface area contributed by atoms with Gasteiger partial charge in [0.2, 0.25) is 5.91 Å². The summed E-state index contributed by atoms with van der Waals surface area (Å²) in [4.78, 5) is 31.9. The number of halogens is 2. The molecule has 2 heterocycles. The van der Waals surface area contributed by atoms with E-state index in [-0.39, 0.29) is 24.0 Å². The van der Waals surface area contributed by atoms with E-state index in [1.807, 2.05) is 15.9 Å². The number of nitrogens with one attached hydrogen (secondary N) is 2. The Labute approximate surface area is 183 Å². The number of piperazine rings is 1. The number of carbonyl (C=O) groups is 2. The number of carbonyl (C=O) groups excluding carboxylic acids is 2. The molecule has 1 fully saturated rings. The van der Waals surface area contributed by atoms with Crippen molar-refractivity contribution in [1.82, 2.24) is 9.88 Å². The van der Waals surface area contributed by atoms with Gasteiger partial charge in [-0.3, -0.25) is 9.69 Å². The molecule has 1 saturated heterocycles. The Morgan fingerprint density at radius 1 is 1.13 bits per heavy atom. The summed E-state index contributed by atoms with van der Waals surface area (Å²) in [6.07, 6.45) is 0. The summed E-state index contributed by atoms with van der Waals surface area (Å²) in [5.41, 5.74) is 1.65. The number of hydrogen-bond donors (Lipinski definition) is 2. The van der Waals surface area contributed by atoms with Crippen LogP contribution in [0.25, 0.3) is 10.9 Å². The van der Waals surface area contributed by atoms with E-state index in [0.717, 1.165) is 0 Å². The average Bonchev–Trinajstić information content (AvgIpc) is 3.13. The number of para-hydroxylation sites is 1. The Kier molecular flexibility index (Phi) is 6.11. The molecule has 2 N–H and O–H groups in total. The van der Waals surface area contributed by atoms with E-state index in [1.54, 1.807) is 30.3 Å². The quantitative estimate of drug-likeness (QED) is 0.589. The minimum Gasteiger partial charge on any atom is -0.464 e. The van der Waals surface area contributed by atoms with E-state index >= 15 is 0 Å². The number of H-pyrrole nitrogens is 1. The average molecular weight is 445 g/mol. The number of anilines is 2. The molecule has 1 amide bonds. The number of aromatic nitrogens is 1. The summed E-state index contributed by atoms with van der Waals surface area (Å²) in [5.74, 6) is -1.12. The summed E-state index contributed by atoms with van der Waals surface area (Å²) in [7, 11) is 1.27. The zero-order valence-electron chi connectivity index (χ0n) is 17.0. The zero-order valence-corrected chi connectivity index (χ0v) is 17.7. The van der Waals surface area contributed by atoms with Gasteiger partial charge in [0.15, 0.2) is 0 Å². The predicted molar refractivity (Wildman–Crippen MR) is 118 cm³/mol. The molecule has 1 aliphatic heterocycles. The number of aromatic amines is 1. The van der Waals surface area contributed by atoms with E-state index in [2.05, 4.69) is 10.3 Å². The number of ether oxygens (including phenoxy) is 1. The monoisotopic (exact) mass is 444 g/mol. The Bertz CT molecular complexity index is 1130. The van der Waals surface area contributed by atoms with Crippen molar-refractivity contribution < 1.29 is 18.7 Å². The second-order valence-electron chi connectivity index (χ2n) is 7.29. The van der Waals surface area contributed by atoms with Crippen molar-refractivity contribution in [3.63, 3.8) is 0 Å². The van der Waals surface area contributed by atoms with Gasteiger partial charge in [-0.05, 0) is 24.3 Å². The number of esters is 1. The van der Waals surface area contributed by atoms with Gasteiger partial charge >= 0.3 is 5.97 Å². The van der Waals surface area contributed by atoms with Crippen molar-refractivity contribution in [2.45, 2.75) is 0 Å². The van der Waals surface area contributed by atoms with Crippen LogP contribution in [0.2, 0.25) is 5.02 Å². The van der Waals surface area contributed by atoms with Crippen LogP contribution in [0, 0.1) is 5.82 Å². The van der Waals surface area contributed by atoms with Gasteiger partial charge in [0, 0.05) is 37.1 Å². The first-order chi connectivity index (χ1) is 15.0. The van der Waals surface area contributed by atoms with E-state index < -0.39 is 5.97 Å². The van der Waals surface area contributed by atoms with E-state index in [0.29, 0.717) is 53.5 Å². The molecule has 1 aromatic heterocycles. The zero-order chi connectivity index (χ0) is 22.0. The molecule has 0 bridgehead atoms. The number of methoxy groups -OCH3 is 1. The van der Waals surface area contributed by atoms with Crippen molar-refractivity contribution in [2.24, 2.45) is 0 Å². The van der Waals surface area contributed by atoms with Crippen LogP contribution in [-0.2, 0) is 9.53 Å². The molecule has 0 unspecified atom stereocenters. The molecule has 0 radical (unpaired) electrons. The van der Waals surface area contributed by atoms with Gasteiger partial charge in [-0.1, -0.05) is 29.8 Å². The number of hydrogen-bond acceptors (Lipinski definition) is 5. The van der Waals surface area contributed by atoms with Gasteiger partial charge in [0.1, 0.15) is 11.5 Å². The third kappa shape index (κ3) is 4.35. The fourth-order valence-electron chi connectivity index (χ4n) is 3.82. The standard InChI is InChI=1S/C22H22ClFN4O3/c1-31-22(30)21-20(19-14(23)5-4-7-16(19)25-21)26-18(29)13-27-9-11-28(12-10-27)17-8-3-2-6-15(17)24/h2-8,25H,9-13H2,1H3,(H,26,29). The SMILES string of the molecule is COC(=O)c1[nH]c2cccc(Cl)c2c1NC(=O)CN1CCN(c2ccccc2F)CC1. The molecule has 9 heteroatoms. The van der Waals surface area contributed by atoms with Crippen molar-refractivity contribution in [1.29, 1.82) is 0 Å². The van der Waals surface area contributed by atoms with Crippen molar-refractivity contribution in [2.75, 3.05) is 50.1 Å². The number of rotatable bonds is 5. The van der Waals surface area contributed by atoms with Crippen LogP contribution in [0.15, 0.2) is 42.5 Å². The molecule has 3 aromatic rings. The highest BCUT2D eigenvalue weighted by atomic mass is 35.5. The summed E-state index contributed by atoms with van der Waals surface area (Å²) in [6, 6.07) is 11.9. The van der Waals surface area contributed by atoms with Gasteiger partial charge in [-0.25, -0.2) is 9.18 Å². The van der Waals surface area contributed by atoms with E-state index in [4.69, 9.17) is 16.3 Å². The highest BCUT2D eigenvalue weighted by Crippen LogP contribution is 2.34. The first-order valence-corrected chi connectivity index (χ1v) is 10.3. The summed E-state index contributed by atoms with van der Waals surface area (Å²) >= 11 is 6.32. The van der Waals surface area contributed by atoms with Crippen LogP contribution in [0.3, 0.4) is 0 Å². The smallest absolute Gasteiger partial charge is 0.356 e. The number of benzene rings is 2. The highest BCUT2D eigenvalue weighted by Gasteiger charge is 2.24. The second kappa shape index (κ2) is 8.95. The Balaban J connectivity index is 1.45. The highest BCUT2D eigenvalue weighted by molar-refractivity contribution is 6.37. The van der Waals surface area contributed by atoms with E-state index in [9.17, 15) is 14.0 Å². The van der Waals surface area contributed by atoms with Crippen LogP contribution in [-0.4, -0.2) is 61.6 Å². The molecule has 2 aromatic carbocycles. The second-order valence-corrected chi connectivity index (χ2v) is 7.70. The minimum atomic E-state index is -0.596. The third-order valence-electron chi connectivity index (χ3n) is 5.36. The maximum Gasteiger partial charge on any atom is 0.356 e. The lowest BCUT2D eigenvalue weighted by Gasteiger charge is -2.35. The maximum absolute atomic E-state index is 14.0. The largest absolute Gasteiger partial charge is 0.464 e. The Morgan fingerprint density at radius 3 is 2.58 bits per heavy atom. The molecule has 0 atom stereocenters. The normalized spacial score (nSPS) is 14.6. The molecule has 0 saturated carbocycles. The lowest BCUT2D eigenvalue weighted by atomic mass is 10.2. The minimum absolute atomic E-state index is 0.142. The summed E-state index contributed by atoms with van der Waals surface area (Å²) in [5, 5.41) is 3.79. The molecule has 162 valence electrons. The summed E-state index contributed by atoms with van der Waals surface area (Å²) < 4.78 is 18.8. The Hall–Kier alpha value is -3.10. The topological polar surface area (TPSA) is 77.7 Å². The fourth-order valence-corrected chi connectivity index (χ4v) is 4.09. The van der Waals surface area contributed by atoms with Crippen LogP contribution in [0.1, 0.15) is 10.5 Å². The number of fused-ring (bicyclic) bond motifs is 1. The van der Waals surface area contributed by atoms with Gasteiger partial charge in [-0.15, -0.1) is 0 Å². The molecule has 7 nitrogen and oxygen atoms in total. The van der Waals surface area contributed by atoms with Gasteiger partial charge in [0.25, 0.3) is 0 Å². The molecule has 4 rings (SSSR count). The van der Waals surface area contributed by atoms with E-state index in [1.165, 1.54) is 13.2 Å². The lowest BCUT2D eigenvalue weighted by molar-refractivity contribution is -0.117. The Morgan fingerprint density at radius 2 is 1.87 bits per heavy atom. The fraction of sp³-hybridized carbons (Fsp3) is 0.273. The summed E-state index contributed by atoms with van der Waals surface area (Å²) in [6.45, 7) is 2.59. The van der Waals surface area contributed by atoms with Crippen molar-refractivity contribution in [3.8, 4) is 0 Å². The van der Waals surface area contributed by atoms with Crippen LogP contribution < -0.4 is 10.2 Å². The lowest BCUT2D eigenvalue weighted by Crippen LogP contribution is -2.49. The van der Waals surface area contributed by atoms with Gasteiger partial charge < -0.3 is 19.9 Å². The molecular weight excluding hydrogens is 423 g/mol. The molecule has 0 spiro atoms. The van der Waals surface area contributed by atoms with Gasteiger partial charge in [-0.2, -0.15) is 0 Å². The molecule has 0 aliphatic carbocycles. The number of amides is 1. The predicted octanol–water partition coefficient (Wildman–Crippen LogP) is 3.51. The first-order valence-electron chi connectivity index (χ1n) is 9.88. The molecular formula is C22H22ClFN4O3. The van der Waals surface area contributed by atoms with Crippen molar-refractivity contribution >= 4 is 45.8 Å². The molecule has 31 heavy (non-hydrogen) atoms. The maximum atomic E-state index is 14.0. The van der Waals surface area contributed by atoms with Gasteiger partial charge in [0.05, 0.1) is 30.1 Å². The van der Waals surface area contributed by atoms with Crippen LogP contribution in [0.4, 0.5) is 15.8 Å². The van der Waals surface area contributed by atoms with Crippen molar-refractivity contribution in [3.05, 3.63) is 59.0 Å². The number of nitrogens with zero attached hydrogens (tertiary/aromatic N) is 2.